The molecule has 0 atom stereocenters. The molecule has 0 aliphatic carbocycles. The SMILES string of the molecule is CCNC(=NCCCCN(C)C(C)C)NC1CCN(C(=O)OCC)CC1. The standard InChI is InChI=1S/C19H39N5O2/c1-6-20-18(21-12-8-9-13-23(5)16(3)4)22-17-10-14-24(15-11-17)19(25)26-7-2/h16-17H,6-15H2,1-5H3,(H2,20,21,22). The molecule has 0 spiro atoms. The highest BCUT2D eigenvalue weighted by atomic mass is 16.6. The van der Waals surface area contributed by atoms with Crippen molar-refractivity contribution in [3.63, 3.8) is 0 Å². The molecule has 0 bridgehead atoms. The van der Waals surface area contributed by atoms with Crippen LogP contribution >= 0.6 is 0 Å². The Morgan fingerprint density at radius 1 is 1.27 bits per heavy atom. The summed E-state index contributed by atoms with van der Waals surface area (Å²) in [5.41, 5.74) is 0. The first-order valence-electron chi connectivity index (χ1n) is 10.1. The lowest BCUT2D eigenvalue weighted by Crippen LogP contribution is -2.49. The monoisotopic (exact) mass is 369 g/mol. The second-order valence-electron chi connectivity index (χ2n) is 7.15. The van der Waals surface area contributed by atoms with Crippen molar-refractivity contribution in [3.8, 4) is 0 Å². The Bertz CT molecular complexity index is 420. The van der Waals surface area contributed by atoms with E-state index < -0.39 is 0 Å². The molecule has 2 N–H and O–H groups in total. The molecule has 1 saturated heterocycles. The third-order valence-corrected chi connectivity index (χ3v) is 4.78. The van der Waals surface area contributed by atoms with Crippen LogP contribution in [0.3, 0.4) is 0 Å². The van der Waals surface area contributed by atoms with Crippen molar-refractivity contribution in [1.82, 2.24) is 20.4 Å². The first kappa shape index (κ1) is 22.5. The Kier molecular flexibility index (Phi) is 11.1. The summed E-state index contributed by atoms with van der Waals surface area (Å²) in [6, 6.07) is 0.948. The number of nitrogens with one attached hydrogen (secondary N) is 2. The van der Waals surface area contributed by atoms with Crippen molar-refractivity contribution in [3.05, 3.63) is 0 Å². The van der Waals surface area contributed by atoms with E-state index in [0.717, 1.165) is 64.4 Å². The molecular weight excluding hydrogens is 330 g/mol. The predicted molar refractivity (Wildman–Crippen MR) is 108 cm³/mol. The molecular formula is C19H39N5O2. The van der Waals surface area contributed by atoms with Gasteiger partial charge in [-0.05, 0) is 67.0 Å². The second kappa shape index (κ2) is 12.8. The van der Waals surface area contributed by atoms with E-state index in [1.807, 2.05) is 6.92 Å². The van der Waals surface area contributed by atoms with E-state index in [9.17, 15) is 4.79 Å². The lowest BCUT2D eigenvalue weighted by atomic mass is 10.1. The summed E-state index contributed by atoms with van der Waals surface area (Å²) < 4.78 is 5.07. The lowest BCUT2D eigenvalue weighted by Gasteiger charge is -2.32. The summed E-state index contributed by atoms with van der Waals surface area (Å²) in [7, 11) is 2.17. The van der Waals surface area contributed by atoms with E-state index in [1.54, 1.807) is 4.90 Å². The molecule has 1 aliphatic heterocycles. The van der Waals surface area contributed by atoms with Crippen LogP contribution in [-0.2, 0) is 4.74 Å². The van der Waals surface area contributed by atoms with Gasteiger partial charge in [-0.15, -0.1) is 0 Å². The molecule has 7 heteroatoms. The van der Waals surface area contributed by atoms with Crippen LogP contribution in [0.1, 0.15) is 53.4 Å². The van der Waals surface area contributed by atoms with Gasteiger partial charge in [-0.2, -0.15) is 0 Å². The number of carbonyl (C=O) groups excluding carboxylic acids is 1. The minimum atomic E-state index is -0.196. The second-order valence-corrected chi connectivity index (χ2v) is 7.15. The summed E-state index contributed by atoms with van der Waals surface area (Å²) in [6.07, 6.45) is 3.90. The Balaban J connectivity index is 2.33. The number of guanidine groups is 1. The number of piperidine rings is 1. The molecule has 7 nitrogen and oxygen atoms in total. The van der Waals surface area contributed by atoms with E-state index in [4.69, 9.17) is 9.73 Å². The van der Waals surface area contributed by atoms with Crippen LogP contribution in [0.2, 0.25) is 0 Å². The van der Waals surface area contributed by atoms with Gasteiger partial charge in [0.15, 0.2) is 5.96 Å². The van der Waals surface area contributed by atoms with Crippen LogP contribution in [0.4, 0.5) is 4.79 Å². The topological polar surface area (TPSA) is 69.2 Å². The number of rotatable bonds is 9. The minimum Gasteiger partial charge on any atom is -0.450 e. The maximum Gasteiger partial charge on any atom is 0.409 e. The molecule has 1 aliphatic rings. The van der Waals surface area contributed by atoms with Gasteiger partial charge >= 0.3 is 6.09 Å². The smallest absolute Gasteiger partial charge is 0.409 e. The summed E-state index contributed by atoms with van der Waals surface area (Å²) in [5, 5.41) is 6.84. The van der Waals surface area contributed by atoms with Gasteiger partial charge in [-0.3, -0.25) is 4.99 Å². The van der Waals surface area contributed by atoms with Gasteiger partial charge in [0.2, 0.25) is 0 Å². The minimum absolute atomic E-state index is 0.196. The molecule has 152 valence electrons. The van der Waals surface area contributed by atoms with Crippen LogP contribution in [0.25, 0.3) is 0 Å². The largest absolute Gasteiger partial charge is 0.450 e. The third-order valence-electron chi connectivity index (χ3n) is 4.78. The zero-order valence-corrected chi connectivity index (χ0v) is 17.4. The van der Waals surface area contributed by atoms with Crippen LogP contribution in [-0.4, -0.2) is 80.3 Å². The molecule has 0 unspecified atom stereocenters. The van der Waals surface area contributed by atoms with Crippen molar-refractivity contribution >= 4 is 12.1 Å². The number of ether oxygens (including phenoxy) is 1. The third kappa shape index (κ3) is 8.74. The van der Waals surface area contributed by atoms with Gasteiger partial charge in [0, 0.05) is 38.3 Å². The molecule has 0 aromatic carbocycles. The number of aliphatic imine (C=N–C) groups is 1. The molecule has 1 fully saturated rings. The lowest BCUT2D eigenvalue weighted by molar-refractivity contribution is 0.0963. The number of unbranched alkanes of at least 4 members (excludes halogenated alkanes) is 1. The van der Waals surface area contributed by atoms with Crippen LogP contribution in [0, 0.1) is 0 Å². The summed E-state index contributed by atoms with van der Waals surface area (Å²) in [5.74, 6) is 0.888. The van der Waals surface area contributed by atoms with Crippen LogP contribution in [0.5, 0.6) is 0 Å². The van der Waals surface area contributed by atoms with Crippen molar-refractivity contribution in [2.24, 2.45) is 4.99 Å². The van der Waals surface area contributed by atoms with E-state index in [0.29, 0.717) is 18.7 Å². The van der Waals surface area contributed by atoms with E-state index in [2.05, 4.69) is 43.4 Å². The fraction of sp³-hybridized carbons (Fsp3) is 0.895. The van der Waals surface area contributed by atoms with Gasteiger partial charge in [-0.25, -0.2) is 4.79 Å². The van der Waals surface area contributed by atoms with Crippen LogP contribution in [0.15, 0.2) is 4.99 Å². The van der Waals surface area contributed by atoms with E-state index in [-0.39, 0.29) is 6.09 Å². The Hall–Kier alpha value is -1.50. The molecule has 1 amide bonds. The highest BCUT2D eigenvalue weighted by Gasteiger charge is 2.23. The summed E-state index contributed by atoms with van der Waals surface area (Å²) in [6.45, 7) is 13.1. The van der Waals surface area contributed by atoms with Gasteiger partial charge in [0.05, 0.1) is 6.61 Å². The highest BCUT2D eigenvalue weighted by Crippen LogP contribution is 2.11. The maximum absolute atomic E-state index is 11.8. The van der Waals surface area contributed by atoms with Gasteiger partial charge < -0.3 is 25.2 Å². The van der Waals surface area contributed by atoms with Gasteiger partial charge in [-0.1, -0.05) is 0 Å². The Morgan fingerprint density at radius 3 is 2.54 bits per heavy atom. The van der Waals surface area contributed by atoms with Gasteiger partial charge in [0.1, 0.15) is 0 Å². The molecule has 1 rings (SSSR count). The zero-order chi connectivity index (χ0) is 19.4. The Morgan fingerprint density at radius 2 is 1.96 bits per heavy atom. The van der Waals surface area contributed by atoms with Crippen molar-refractivity contribution in [2.45, 2.75) is 65.5 Å². The number of hydrogen-bond donors (Lipinski definition) is 2. The average Bonchev–Trinajstić information content (AvgIpc) is 2.62. The molecule has 1 heterocycles. The molecule has 0 aromatic heterocycles. The Labute approximate surface area is 159 Å². The highest BCUT2D eigenvalue weighted by molar-refractivity contribution is 5.80. The first-order chi connectivity index (χ1) is 12.5. The zero-order valence-electron chi connectivity index (χ0n) is 17.4. The molecule has 26 heavy (non-hydrogen) atoms. The van der Waals surface area contributed by atoms with E-state index in [1.165, 1.54) is 0 Å². The quantitative estimate of drug-likeness (QED) is 0.371. The summed E-state index contributed by atoms with van der Waals surface area (Å²) in [4.78, 5) is 20.6. The molecule has 0 aromatic rings. The first-order valence-corrected chi connectivity index (χ1v) is 10.1. The fourth-order valence-corrected chi connectivity index (χ4v) is 2.86. The normalized spacial score (nSPS) is 16.3. The number of likely N-dealkylation sites (tertiary alicyclic amines) is 1. The van der Waals surface area contributed by atoms with Crippen molar-refractivity contribution < 1.29 is 9.53 Å². The van der Waals surface area contributed by atoms with Crippen LogP contribution < -0.4 is 10.6 Å². The predicted octanol–water partition coefficient (Wildman–Crippen LogP) is 2.28. The average molecular weight is 370 g/mol. The number of carbonyl (C=O) groups is 1. The number of hydrogen-bond acceptors (Lipinski definition) is 4. The number of amides is 1. The van der Waals surface area contributed by atoms with E-state index >= 15 is 0 Å². The molecule has 0 saturated carbocycles. The van der Waals surface area contributed by atoms with Crippen molar-refractivity contribution in [1.29, 1.82) is 0 Å². The number of nitrogens with zero attached hydrogens (tertiary/aromatic N) is 3. The van der Waals surface area contributed by atoms with Gasteiger partial charge in [0.25, 0.3) is 0 Å². The van der Waals surface area contributed by atoms with Crippen molar-refractivity contribution in [2.75, 3.05) is 46.4 Å². The fourth-order valence-electron chi connectivity index (χ4n) is 2.86. The maximum atomic E-state index is 11.8. The molecule has 0 radical (unpaired) electrons. The summed E-state index contributed by atoms with van der Waals surface area (Å²) >= 11 is 0.